The first-order valence-corrected chi connectivity index (χ1v) is 12.3. The summed E-state index contributed by atoms with van der Waals surface area (Å²) in [6.45, 7) is 8.57. The van der Waals surface area contributed by atoms with Gasteiger partial charge < -0.3 is 19.4 Å². The van der Waals surface area contributed by atoms with Crippen molar-refractivity contribution in [2.24, 2.45) is 0 Å². The maximum absolute atomic E-state index is 12.9. The van der Waals surface area contributed by atoms with Crippen LogP contribution in [-0.4, -0.2) is 131 Å². The van der Waals surface area contributed by atoms with Crippen LogP contribution in [-0.2, 0) is 19.6 Å². The Bertz CT molecular complexity index is 843. The van der Waals surface area contributed by atoms with E-state index in [1.165, 1.54) is 10.5 Å². The molecule has 0 bridgehead atoms. The number of rotatable bonds is 5. The average molecular weight is 453 g/mol. The molecule has 1 amide bonds. The Morgan fingerprint density at radius 1 is 0.968 bits per heavy atom. The fourth-order valence-corrected chi connectivity index (χ4v) is 5.50. The largest absolute Gasteiger partial charge is 0.378 e. The van der Waals surface area contributed by atoms with Crippen molar-refractivity contribution in [1.29, 1.82) is 0 Å². The summed E-state index contributed by atoms with van der Waals surface area (Å²) in [5, 5.41) is 0. The monoisotopic (exact) mass is 452 g/mol. The van der Waals surface area contributed by atoms with Gasteiger partial charge in [0.05, 0.1) is 19.8 Å². The van der Waals surface area contributed by atoms with Gasteiger partial charge in [0, 0.05) is 71.6 Å². The predicted molar refractivity (Wildman–Crippen MR) is 117 cm³/mol. The molecule has 1 aromatic heterocycles. The van der Waals surface area contributed by atoms with Crippen LogP contribution in [0.2, 0.25) is 0 Å². The summed E-state index contributed by atoms with van der Waals surface area (Å²) in [6, 6.07) is 3.45. The first kappa shape index (κ1) is 22.4. The molecule has 172 valence electrons. The molecule has 1 aromatic rings. The Labute approximate surface area is 184 Å². The van der Waals surface area contributed by atoms with Gasteiger partial charge in [0.15, 0.2) is 0 Å². The first-order valence-electron chi connectivity index (χ1n) is 10.9. The van der Waals surface area contributed by atoms with Crippen LogP contribution in [0.1, 0.15) is 0 Å². The second kappa shape index (κ2) is 9.78. The standard InChI is InChI=1S/C20H32N6O4S/c1-22-4-10-26(11-5-22)31(28,29)18-2-3-19(21-16-18)24-8-6-23(7-9-24)17-20(27)25-12-14-30-15-13-25/h2-3,16H,4-15,17H2,1H3. The highest BCUT2D eigenvalue weighted by Crippen LogP contribution is 2.20. The van der Waals surface area contributed by atoms with Crippen LogP contribution >= 0.6 is 0 Å². The summed E-state index contributed by atoms with van der Waals surface area (Å²) in [7, 11) is -1.50. The summed E-state index contributed by atoms with van der Waals surface area (Å²) in [5.41, 5.74) is 0. The highest BCUT2D eigenvalue weighted by atomic mass is 32.2. The van der Waals surface area contributed by atoms with E-state index in [0.29, 0.717) is 45.9 Å². The molecule has 4 heterocycles. The van der Waals surface area contributed by atoms with Crippen molar-refractivity contribution in [3.05, 3.63) is 18.3 Å². The molecular weight excluding hydrogens is 420 g/mol. The van der Waals surface area contributed by atoms with Gasteiger partial charge >= 0.3 is 0 Å². The van der Waals surface area contributed by atoms with Gasteiger partial charge in [-0.3, -0.25) is 9.69 Å². The van der Waals surface area contributed by atoms with Gasteiger partial charge in [-0.15, -0.1) is 0 Å². The number of anilines is 1. The predicted octanol–water partition coefficient (Wildman–Crippen LogP) is -1.00. The lowest BCUT2D eigenvalue weighted by Crippen LogP contribution is -2.51. The minimum atomic E-state index is -3.50. The number of carbonyl (C=O) groups is 1. The van der Waals surface area contributed by atoms with Crippen molar-refractivity contribution in [3.8, 4) is 0 Å². The van der Waals surface area contributed by atoms with Gasteiger partial charge in [-0.05, 0) is 19.2 Å². The molecule has 11 heteroatoms. The highest BCUT2D eigenvalue weighted by molar-refractivity contribution is 7.89. The van der Waals surface area contributed by atoms with E-state index in [4.69, 9.17) is 4.74 Å². The Kier molecular flexibility index (Phi) is 7.07. The number of hydrogen-bond acceptors (Lipinski definition) is 8. The van der Waals surface area contributed by atoms with Crippen LogP contribution in [0.3, 0.4) is 0 Å². The van der Waals surface area contributed by atoms with Crippen LogP contribution in [0.25, 0.3) is 0 Å². The van der Waals surface area contributed by atoms with Crippen molar-refractivity contribution < 1.29 is 17.9 Å². The molecule has 4 rings (SSSR count). The normalized spacial score (nSPS) is 22.6. The minimum absolute atomic E-state index is 0.161. The van der Waals surface area contributed by atoms with E-state index in [1.807, 2.05) is 11.9 Å². The molecule has 31 heavy (non-hydrogen) atoms. The maximum atomic E-state index is 12.9. The molecule has 0 atom stereocenters. The molecule has 3 aliphatic rings. The lowest BCUT2D eigenvalue weighted by atomic mass is 10.3. The Morgan fingerprint density at radius 2 is 1.65 bits per heavy atom. The quantitative estimate of drug-likeness (QED) is 0.562. The summed E-state index contributed by atoms with van der Waals surface area (Å²) in [5.74, 6) is 0.935. The number of carbonyl (C=O) groups excluding carboxylic acids is 1. The van der Waals surface area contributed by atoms with Gasteiger partial charge in [0.2, 0.25) is 15.9 Å². The molecule has 10 nitrogen and oxygen atoms in total. The van der Waals surface area contributed by atoms with Crippen molar-refractivity contribution in [2.45, 2.75) is 4.90 Å². The molecule has 0 saturated carbocycles. The first-order chi connectivity index (χ1) is 14.9. The molecule has 0 spiro atoms. The van der Waals surface area contributed by atoms with Crippen molar-refractivity contribution in [2.75, 3.05) is 97.2 Å². The smallest absolute Gasteiger partial charge is 0.244 e. The zero-order valence-corrected chi connectivity index (χ0v) is 19.0. The Balaban J connectivity index is 1.29. The topological polar surface area (TPSA) is 89.5 Å². The SMILES string of the molecule is CN1CCN(S(=O)(=O)c2ccc(N3CCN(CC(=O)N4CCOCC4)CC3)nc2)CC1. The highest BCUT2D eigenvalue weighted by Gasteiger charge is 2.28. The molecule has 0 radical (unpaired) electrons. The molecule has 0 aromatic carbocycles. The van der Waals surface area contributed by atoms with Crippen LogP contribution in [0.4, 0.5) is 5.82 Å². The van der Waals surface area contributed by atoms with E-state index in [0.717, 1.165) is 45.1 Å². The summed E-state index contributed by atoms with van der Waals surface area (Å²) in [4.78, 5) is 25.4. The van der Waals surface area contributed by atoms with E-state index < -0.39 is 10.0 Å². The van der Waals surface area contributed by atoms with Crippen molar-refractivity contribution >= 4 is 21.7 Å². The molecule has 3 aliphatic heterocycles. The fourth-order valence-electron chi connectivity index (χ4n) is 4.13. The van der Waals surface area contributed by atoms with Gasteiger partial charge in [0.25, 0.3) is 0 Å². The molecule has 0 unspecified atom stereocenters. The second-order valence-electron chi connectivity index (χ2n) is 8.32. The molecule has 3 saturated heterocycles. The molecule has 3 fully saturated rings. The third-order valence-electron chi connectivity index (χ3n) is 6.24. The number of aromatic nitrogens is 1. The zero-order valence-electron chi connectivity index (χ0n) is 18.1. The summed E-state index contributed by atoms with van der Waals surface area (Å²) in [6.07, 6.45) is 1.47. The Hall–Kier alpha value is -1.79. The van der Waals surface area contributed by atoms with Gasteiger partial charge in [0.1, 0.15) is 10.7 Å². The second-order valence-corrected chi connectivity index (χ2v) is 10.3. The van der Waals surface area contributed by atoms with Gasteiger partial charge in [-0.1, -0.05) is 0 Å². The van der Waals surface area contributed by atoms with E-state index in [2.05, 4.69) is 19.7 Å². The molecule has 0 aliphatic carbocycles. The number of sulfonamides is 1. The average Bonchev–Trinajstić information content (AvgIpc) is 2.80. The van der Waals surface area contributed by atoms with E-state index in [1.54, 1.807) is 12.1 Å². The fraction of sp³-hybridized carbons (Fsp3) is 0.700. The van der Waals surface area contributed by atoms with Crippen LogP contribution < -0.4 is 4.90 Å². The number of morpholine rings is 1. The third kappa shape index (κ3) is 5.35. The van der Waals surface area contributed by atoms with Crippen LogP contribution in [0, 0.1) is 0 Å². The lowest BCUT2D eigenvalue weighted by Gasteiger charge is -2.36. The number of hydrogen-bond donors (Lipinski definition) is 0. The summed E-state index contributed by atoms with van der Waals surface area (Å²) < 4.78 is 32.6. The molecular formula is C20H32N6O4S. The number of pyridine rings is 1. The maximum Gasteiger partial charge on any atom is 0.244 e. The minimum Gasteiger partial charge on any atom is -0.378 e. The zero-order chi connectivity index (χ0) is 21.8. The van der Waals surface area contributed by atoms with E-state index >= 15 is 0 Å². The lowest BCUT2D eigenvalue weighted by molar-refractivity contribution is -0.136. The Morgan fingerprint density at radius 3 is 2.26 bits per heavy atom. The number of likely N-dealkylation sites (N-methyl/N-ethyl adjacent to an activating group) is 1. The number of piperazine rings is 2. The third-order valence-corrected chi connectivity index (χ3v) is 8.12. The van der Waals surface area contributed by atoms with Crippen molar-refractivity contribution in [1.82, 2.24) is 24.0 Å². The molecule has 0 N–H and O–H groups in total. The van der Waals surface area contributed by atoms with E-state index in [9.17, 15) is 13.2 Å². The van der Waals surface area contributed by atoms with E-state index in [-0.39, 0.29) is 10.8 Å². The number of nitrogens with zero attached hydrogens (tertiary/aromatic N) is 6. The number of amides is 1. The van der Waals surface area contributed by atoms with Crippen LogP contribution in [0.5, 0.6) is 0 Å². The number of ether oxygens (including phenoxy) is 1. The van der Waals surface area contributed by atoms with Crippen LogP contribution in [0.15, 0.2) is 23.2 Å². The van der Waals surface area contributed by atoms with Crippen molar-refractivity contribution in [3.63, 3.8) is 0 Å². The van der Waals surface area contributed by atoms with Gasteiger partial charge in [-0.25, -0.2) is 13.4 Å². The summed E-state index contributed by atoms with van der Waals surface area (Å²) >= 11 is 0. The van der Waals surface area contributed by atoms with Gasteiger partial charge in [-0.2, -0.15) is 4.31 Å².